The zero-order valence-corrected chi connectivity index (χ0v) is 18.6. The van der Waals surface area contributed by atoms with Crippen molar-refractivity contribution in [3.8, 4) is 11.3 Å². The van der Waals surface area contributed by atoms with Gasteiger partial charge in [0.25, 0.3) is 0 Å². The normalized spacial score (nSPS) is 18.0. The number of fused-ring (bicyclic) bond motifs is 7. The number of benzene rings is 2. The number of hydrogen-bond acceptors (Lipinski definition) is 7. The second-order valence-electron chi connectivity index (χ2n) is 8.04. The van der Waals surface area contributed by atoms with E-state index in [1.165, 1.54) is 5.69 Å². The van der Waals surface area contributed by atoms with Crippen molar-refractivity contribution < 1.29 is 14.2 Å². The Morgan fingerprint density at radius 1 is 0.848 bits per heavy atom. The second-order valence-corrected chi connectivity index (χ2v) is 8.04. The zero-order valence-electron chi connectivity index (χ0n) is 18.6. The van der Waals surface area contributed by atoms with Crippen LogP contribution in [-0.4, -0.2) is 49.5 Å². The molecule has 0 aliphatic carbocycles. The van der Waals surface area contributed by atoms with E-state index in [4.69, 9.17) is 19.2 Å². The number of nitrogens with zero attached hydrogens (tertiary/aromatic N) is 3. The van der Waals surface area contributed by atoms with E-state index in [0.29, 0.717) is 32.4 Å². The molecular weight excluding hydrogens is 416 g/mol. The molecule has 5 rings (SSSR count). The lowest BCUT2D eigenvalue weighted by Crippen LogP contribution is -2.36. The molecule has 3 aromatic rings. The number of morpholine rings is 1. The summed E-state index contributed by atoms with van der Waals surface area (Å²) in [5.41, 5.74) is 6.24. The second kappa shape index (κ2) is 10.6. The van der Waals surface area contributed by atoms with Gasteiger partial charge in [0.2, 0.25) is 5.95 Å². The smallest absolute Gasteiger partial charge is 0.227 e. The molecule has 1 fully saturated rings. The monoisotopic (exact) mass is 444 g/mol. The third-order valence-electron chi connectivity index (χ3n) is 5.69. The number of hydrogen-bond donors (Lipinski definition) is 1. The van der Waals surface area contributed by atoms with Crippen LogP contribution in [0.4, 0.5) is 17.3 Å². The molecule has 33 heavy (non-hydrogen) atoms. The van der Waals surface area contributed by atoms with Gasteiger partial charge in [-0.3, -0.25) is 0 Å². The summed E-state index contributed by atoms with van der Waals surface area (Å²) in [6.07, 6.45) is 5.79. The highest BCUT2D eigenvalue weighted by Gasteiger charge is 2.16. The standard InChI is InChI=1S/C26H28N4O3/c1-2-13-33-19-22-17-23(6-7-25(22)30-10-14-31-15-11-30)28-26-27-9-8-24(29-26)21-5-3-4-20(16-21)18-32-12-1/h1-9,16-17H,10-15,18-19H2,(H,27,28,29)/b2-1+. The lowest BCUT2D eigenvalue weighted by molar-refractivity contribution is 0.121. The van der Waals surface area contributed by atoms with Gasteiger partial charge >= 0.3 is 0 Å². The Balaban J connectivity index is 1.47. The molecule has 0 spiro atoms. The van der Waals surface area contributed by atoms with Gasteiger partial charge in [-0.15, -0.1) is 0 Å². The fraction of sp³-hybridized carbons (Fsp3) is 0.308. The number of rotatable bonds is 1. The highest BCUT2D eigenvalue weighted by Crippen LogP contribution is 2.28. The summed E-state index contributed by atoms with van der Waals surface area (Å²) in [5, 5.41) is 3.37. The molecule has 7 heteroatoms. The van der Waals surface area contributed by atoms with Gasteiger partial charge in [-0.1, -0.05) is 30.4 Å². The van der Waals surface area contributed by atoms with Crippen LogP contribution in [-0.2, 0) is 27.4 Å². The Morgan fingerprint density at radius 3 is 2.58 bits per heavy atom. The molecule has 0 saturated carbocycles. The minimum absolute atomic E-state index is 0.513. The van der Waals surface area contributed by atoms with Crippen molar-refractivity contribution in [3.63, 3.8) is 0 Å². The molecule has 2 aromatic carbocycles. The van der Waals surface area contributed by atoms with Crippen LogP contribution in [0.2, 0.25) is 0 Å². The van der Waals surface area contributed by atoms with Crippen LogP contribution >= 0.6 is 0 Å². The summed E-state index contributed by atoms with van der Waals surface area (Å²) in [6.45, 7) is 5.37. The zero-order chi connectivity index (χ0) is 22.3. The average Bonchev–Trinajstić information content (AvgIpc) is 2.86. The predicted octanol–water partition coefficient (Wildman–Crippen LogP) is 4.33. The summed E-state index contributed by atoms with van der Waals surface area (Å²) in [4.78, 5) is 11.5. The average molecular weight is 445 g/mol. The lowest BCUT2D eigenvalue weighted by atomic mass is 10.1. The van der Waals surface area contributed by atoms with Crippen molar-refractivity contribution in [2.45, 2.75) is 13.2 Å². The molecule has 6 bridgehead atoms. The van der Waals surface area contributed by atoms with Crippen molar-refractivity contribution in [2.75, 3.05) is 49.7 Å². The summed E-state index contributed by atoms with van der Waals surface area (Å²) in [7, 11) is 0. The number of ether oxygens (including phenoxy) is 3. The molecule has 170 valence electrons. The van der Waals surface area contributed by atoms with Crippen LogP contribution in [0.3, 0.4) is 0 Å². The van der Waals surface area contributed by atoms with E-state index in [1.54, 1.807) is 6.20 Å². The molecule has 2 aliphatic heterocycles. The maximum atomic E-state index is 5.97. The van der Waals surface area contributed by atoms with E-state index >= 15 is 0 Å². The fourth-order valence-electron chi connectivity index (χ4n) is 4.04. The lowest BCUT2D eigenvalue weighted by Gasteiger charge is -2.31. The van der Waals surface area contributed by atoms with E-state index in [0.717, 1.165) is 54.4 Å². The molecule has 0 amide bonds. The van der Waals surface area contributed by atoms with Gasteiger partial charge in [0.1, 0.15) is 0 Å². The Hall–Kier alpha value is -3.26. The van der Waals surface area contributed by atoms with Crippen LogP contribution in [0.25, 0.3) is 11.3 Å². The first-order chi connectivity index (χ1) is 16.3. The Labute approximate surface area is 194 Å². The van der Waals surface area contributed by atoms with Crippen molar-refractivity contribution >= 4 is 17.3 Å². The number of anilines is 3. The minimum Gasteiger partial charge on any atom is -0.378 e. The summed E-state index contributed by atoms with van der Waals surface area (Å²) in [6, 6.07) is 16.5. The fourth-order valence-corrected chi connectivity index (χ4v) is 4.04. The number of nitrogens with one attached hydrogen (secondary N) is 1. The van der Waals surface area contributed by atoms with E-state index in [9.17, 15) is 0 Å². The van der Waals surface area contributed by atoms with Gasteiger partial charge < -0.3 is 24.4 Å². The highest BCUT2D eigenvalue weighted by molar-refractivity contribution is 5.66. The summed E-state index contributed by atoms with van der Waals surface area (Å²) < 4.78 is 17.3. The van der Waals surface area contributed by atoms with Gasteiger partial charge in [0, 0.05) is 41.8 Å². The maximum absolute atomic E-state index is 5.97. The van der Waals surface area contributed by atoms with Crippen molar-refractivity contribution in [1.29, 1.82) is 0 Å². The van der Waals surface area contributed by atoms with Gasteiger partial charge in [-0.25, -0.2) is 9.97 Å². The molecule has 7 nitrogen and oxygen atoms in total. The molecule has 0 atom stereocenters. The van der Waals surface area contributed by atoms with Gasteiger partial charge in [-0.05, 0) is 35.9 Å². The maximum Gasteiger partial charge on any atom is 0.227 e. The van der Waals surface area contributed by atoms with Crippen LogP contribution in [0.15, 0.2) is 66.9 Å². The summed E-state index contributed by atoms with van der Waals surface area (Å²) in [5.74, 6) is 0.559. The third-order valence-corrected chi connectivity index (χ3v) is 5.69. The van der Waals surface area contributed by atoms with Gasteiger partial charge in [-0.2, -0.15) is 0 Å². The van der Waals surface area contributed by atoms with Crippen molar-refractivity contribution in [2.24, 2.45) is 0 Å². The third kappa shape index (κ3) is 5.57. The molecule has 0 unspecified atom stereocenters. The Morgan fingerprint density at radius 2 is 1.70 bits per heavy atom. The van der Waals surface area contributed by atoms with Crippen LogP contribution < -0.4 is 10.2 Å². The topological polar surface area (TPSA) is 68.7 Å². The van der Waals surface area contributed by atoms with Crippen molar-refractivity contribution in [1.82, 2.24) is 9.97 Å². The molecule has 2 aliphatic rings. The molecule has 1 N–H and O–H groups in total. The first-order valence-corrected chi connectivity index (χ1v) is 11.3. The molecular formula is C26H28N4O3. The first kappa shape index (κ1) is 21.6. The number of aromatic nitrogens is 2. The van der Waals surface area contributed by atoms with E-state index in [-0.39, 0.29) is 0 Å². The molecule has 1 saturated heterocycles. The van der Waals surface area contributed by atoms with E-state index < -0.39 is 0 Å². The molecule has 0 radical (unpaired) electrons. The molecule has 1 aromatic heterocycles. The first-order valence-electron chi connectivity index (χ1n) is 11.3. The van der Waals surface area contributed by atoms with Crippen LogP contribution in [0.1, 0.15) is 11.1 Å². The van der Waals surface area contributed by atoms with Crippen LogP contribution in [0.5, 0.6) is 0 Å². The SMILES string of the molecule is C1=C/COCc2cc(ccc2N2CCOCC2)Nc2nccc(n2)-c2cccc(c2)COC/1. The van der Waals surface area contributed by atoms with Gasteiger partial charge in [0.15, 0.2) is 0 Å². The van der Waals surface area contributed by atoms with E-state index in [2.05, 4.69) is 51.6 Å². The highest BCUT2D eigenvalue weighted by atomic mass is 16.5. The summed E-state index contributed by atoms with van der Waals surface area (Å²) >= 11 is 0. The quantitative estimate of drug-likeness (QED) is 0.561. The van der Waals surface area contributed by atoms with Crippen molar-refractivity contribution in [3.05, 3.63) is 78.0 Å². The van der Waals surface area contributed by atoms with E-state index in [1.807, 2.05) is 24.3 Å². The largest absolute Gasteiger partial charge is 0.378 e. The van der Waals surface area contributed by atoms with Crippen LogP contribution in [0, 0.1) is 0 Å². The Kier molecular flexibility index (Phi) is 6.91. The molecule has 3 heterocycles. The predicted molar refractivity (Wildman–Crippen MR) is 129 cm³/mol. The minimum atomic E-state index is 0.513. The Bertz CT molecular complexity index is 1110. The van der Waals surface area contributed by atoms with Gasteiger partial charge in [0.05, 0.1) is 45.3 Å².